The summed E-state index contributed by atoms with van der Waals surface area (Å²) >= 11 is 0. The quantitative estimate of drug-likeness (QED) is 0.454. The standard InChI is InChI=1S/C13H11N3O4/c17-12-4-2-1-3-11(12)15-13(18)14-9-5-7-10(8-6-9)16(19)20/h1-8,17H,(H2,14,15,18). The van der Waals surface area contributed by atoms with E-state index in [2.05, 4.69) is 10.6 Å². The second-order valence-electron chi connectivity index (χ2n) is 3.90. The van der Waals surface area contributed by atoms with Crippen LogP contribution in [0, 0.1) is 10.1 Å². The Balaban J connectivity index is 2.01. The number of nitro benzene ring substituents is 1. The first-order chi connectivity index (χ1) is 9.56. The van der Waals surface area contributed by atoms with Crippen molar-refractivity contribution in [2.75, 3.05) is 10.6 Å². The summed E-state index contributed by atoms with van der Waals surface area (Å²) in [7, 11) is 0. The Kier molecular flexibility index (Phi) is 3.80. The second kappa shape index (κ2) is 5.70. The van der Waals surface area contributed by atoms with Crippen molar-refractivity contribution in [3.63, 3.8) is 0 Å². The summed E-state index contributed by atoms with van der Waals surface area (Å²) in [6, 6.07) is 11.2. The van der Waals surface area contributed by atoms with Crippen LogP contribution < -0.4 is 10.6 Å². The van der Waals surface area contributed by atoms with Gasteiger partial charge in [-0.2, -0.15) is 0 Å². The second-order valence-corrected chi connectivity index (χ2v) is 3.90. The molecule has 7 nitrogen and oxygen atoms in total. The minimum absolute atomic E-state index is 0.0497. The summed E-state index contributed by atoms with van der Waals surface area (Å²) in [5, 5.41) is 25.0. The van der Waals surface area contributed by atoms with Gasteiger partial charge in [0.1, 0.15) is 5.75 Å². The number of amides is 2. The van der Waals surface area contributed by atoms with Crippen LogP contribution in [-0.2, 0) is 0 Å². The molecule has 7 heteroatoms. The summed E-state index contributed by atoms with van der Waals surface area (Å²) in [4.78, 5) is 21.7. The topological polar surface area (TPSA) is 104 Å². The third-order valence-electron chi connectivity index (χ3n) is 2.49. The van der Waals surface area contributed by atoms with Crippen molar-refractivity contribution in [3.05, 3.63) is 58.6 Å². The van der Waals surface area contributed by atoms with Crippen LogP contribution in [-0.4, -0.2) is 16.1 Å². The number of anilines is 2. The first-order valence-electron chi connectivity index (χ1n) is 5.67. The third kappa shape index (κ3) is 3.22. The predicted molar refractivity (Wildman–Crippen MR) is 73.8 cm³/mol. The zero-order valence-electron chi connectivity index (χ0n) is 10.2. The lowest BCUT2D eigenvalue weighted by Crippen LogP contribution is -2.19. The number of carbonyl (C=O) groups excluding carboxylic acids is 1. The number of nitro groups is 1. The number of nitrogens with one attached hydrogen (secondary N) is 2. The van der Waals surface area contributed by atoms with Gasteiger partial charge in [-0.3, -0.25) is 10.1 Å². The van der Waals surface area contributed by atoms with Crippen LogP contribution in [0.15, 0.2) is 48.5 Å². The molecular weight excluding hydrogens is 262 g/mol. The van der Waals surface area contributed by atoms with Gasteiger partial charge in [0, 0.05) is 17.8 Å². The Morgan fingerprint density at radius 3 is 2.30 bits per heavy atom. The van der Waals surface area contributed by atoms with E-state index in [1.807, 2.05) is 0 Å². The maximum Gasteiger partial charge on any atom is 0.323 e. The van der Waals surface area contributed by atoms with Crippen LogP contribution in [0.1, 0.15) is 0 Å². The van der Waals surface area contributed by atoms with Crippen LogP contribution in [0.3, 0.4) is 0 Å². The fourth-order valence-electron chi connectivity index (χ4n) is 1.53. The molecule has 0 aromatic heterocycles. The van der Waals surface area contributed by atoms with E-state index in [4.69, 9.17) is 0 Å². The normalized spacial score (nSPS) is 9.80. The van der Waals surface area contributed by atoms with E-state index in [1.54, 1.807) is 18.2 Å². The van der Waals surface area contributed by atoms with E-state index >= 15 is 0 Å². The molecule has 0 bridgehead atoms. The van der Waals surface area contributed by atoms with Gasteiger partial charge in [-0.05, 0) is 24.3 Å². The first kappa shape index (κ1) is 13.3. The number of phenolic OH excluding ortho intramolecular Hbond substituents is 1. The van der Waals surface area contributed by atoms with Crippen LogP contribution in [0.25, 0.3) is 0 Å². The third-order valence-corrected chi connectivity index (χ3v) is 2.49. The molecule has 0 unspecified atom stereocenters. The molecule has 20 heavy (non-hydrogen) atoms. The van der Waals surface area contributed by atoms with Crippen LogP contribution >= 0.6 is 0 Å². The average molecular weight is 273 g/mol. The number of aromatic hydroxyl groups is 1. The monoisotopic (exact) mass is 273 g/mol. The molecule has 0 aliphatic heterocycles. The van der Waals surface area contributed by atoms with E-state index in [9.17, 15) is 20.0 Å². The predicted octanol–water partition coefficient (Wildman–Crippen LogP) is 2.94. The van der Waals surface area contributed by atoms with Crippen LogP contribution in [0.5, 0.6) is 5.75 Å². The largest absolute Gasteiger partial charge is 0.506 e. The Morgan fingerprint density at radius 1 is 1.05 bits per heavy atom. The summed E-state index contributed by atoms with van der Waals surface area (Å²) in [5.41, 5.74) is 0.618. The van der Waals surface area contributed by atoms with Crippen molar-refractivity contribution in [2.24, 2.45) is 0 Å². The maximum absolute atomic E-state index is 11.7. The molecule has 0 saturated carbocycles. The van der Waals surface area contributed by atoms with Crippen molar-refractivity contribution in [3.8, 4) is 5.75 Å². The van der Waals surface area contributed by atoms with Gasteiger partial charge >= 0.3 is 6.03 Å². The van der Waals surface area contributed by atoms with Crippen molar-refractivity contribution in [1.82, 2.24) is 0 Å². The summed E-state index contributed by atoms with van der Waals surface area (Å²) < 4.78 is 0. The van der Waals surface area contributed by atoms with E-state index < -0.39 is 11.0 Å². The van der Waals surface area contributed by atoms with Gasteiger partial charge in [0.25, 0.3) is 5.69 Å². The first-order valence-corrected chi connectivity index (χ1v) is 5.67. The highest BCUT2D eigenvalue weighted by Crippen LogP contribution is 2.22. The van der Waals surface area contributed by atoms with E-state index in [0.717, 1.165) is 0 Å². The molecule has 0 saturated heterocycles. The highest BCUT2D eigenvalue weighted by Gasteiger charge is 2.08. The van der Waals surface area contributed by atoms with E-state index in [-0.39, 0.29) is 17.1 Å². The number of urea groups is 1. The van der Waals surface area contributed by atoms with E-state index in [0.29, 0.717) is 5.69 Å². The van der Waals surface area contributed by atoms with Gasteiger partial charge in [0.2, 0.25) is 0 Å². The summed E-state index contributed by atoms with van der Waals surface area (Å²) in [6.07, 6.45) is 0. The van der Waals surface area contributed by atoms with Gasteiger partial charge in [-0.25, -0.2) is 4.79 Å². The van der Waals surface area contributed by atoms with Crippen LogP contribution in [0.4, 0.5) is 21.9 Å². The zero-order chi connectivity index (χ0) is 14.5. The Labute approximate surface area is 114 Å². The Hall–Kier alpha value is -3.09. The molecule has 2 rings (SSSR count). The van der Waals surface area contributed by atoms with Crippen molar-refractivity contribution >= 4 is 23.1 Å². The molecule has 0 aliphatic carbocycles. The molecule has 0 radical (unpaired) electrons. The number of nitrogens with zero attached hydrogens (tertiary/aromatic N) is 1. The number of hydrogen-bond donors (Lipinski definition) is 3. The highest BCUT2D eigenvalue weighted by atomic mass is 16.6. The molecule has 0 fully saturated rings. The zero-order valence-corrected chi connectivity index (χ0v) is 10.2. The van der Waals surface area contributed by atoms with E-state index in [1.165, 1.54) is 30.3 Å². The molecule has 0 aliphatic rings. The fraction of sp³-hybridized carbons (Fsp3) is 0. The Morgan fingerprint density at radius 2 is 1.70 bits per heavy atom. The SMILES string of the molecule is O=C(Nc1ccc([N+](=O)[O-])cc1)Nc1ccccc1O. The number of phenols is 1. The highest BCUT2D eigenvalue weighted by molar-refractivity contribution is 6.00. The van der Waals surface area contributed by atoms with Gasteiger partial charge in [0.15, 0.2) is 0 Å². The summed E-state index contributed by atoms with van der Waals surface area (Å²) in [6.45, 7) is 0. The molecule has 0 heterocycles. The smallest absolute Gasteiger partial charge is 0.323 e. The molecule has 0 atom stereocenters. The number of carbonyl (C=O) groups is 1. The minimum atomic E-state index is -0.555. The van der Waals surface area contributed by atoms with Crippen molar-refractivity contribution < 1.29 is 14.8 Å². The lowest BCUT2D eigenvalue weighted by atomic mass is 10.3. The van der Waals surface area contributed by atoms with Crippen molar-refractivity contribution in [1.29, 1.82) is 0 Å². The molecule has 0 spiro atoms. The maximum atomic E-state index is 11.7. The number of rotatable bonds is 3. The van der Waals surface area contributed by atoms with Crippen LogP contribution in [0.2, 0.25) is 0 Å². The van der Waals surface area contributed by atoms with Crippen molar-refractivity contribution in [2.45, 2.75) is 0 Å². The van der Waals surface area contributed by atoms with Gasteiger partial charge in [-0.1, -0.05) is 12.1 Å². The molecular formula is C13H11N3O4. The molecule has 3 N–H and O–H groups in total. The van der Waals surface area contributed by atoms with Gasteiger partial charge in [-0.15, -0.1) is 0 Å². The Bertz CT molecular complexity index is 640. The number of para-hydroxylation sites is 2. The fourth-order valence-corrected chi connectivity index (χ4v) is 1.53. The van der Waals surface area contributed by atoms with Gasteiger partial charge in [0.05, 0.1) is 10.6 Å². The molecule has 102 valence electrons. The number of hydrogen-bond acceptors (Lipinski definition) is 4. The molecule has 2 amide bonds. The number of non-ortho nitro benzene ring substituents is 1. The lowest BCUT2D eigenvalue weighted by molar-refractivity contribution is -0.384. The molecule has 2 aromatic rings. The summed E-state index contributed by atoms with van der Waals surface area (Å²) in [5.74, 6) is -0.0497. The van der Waals surface area contributed by atoms with Gasteiger partial charge < -0.3 is 15.7 Å². The average Bonchev–Trinajstić information content (AvgIpc) is 2.42. The molecule has 2 aromatic carbocycles. The minimum Gasteiger partial charge on any atom is -0.506 e. The lowest BCUT2D eigenvalue weighted by Gasteiger charge is -2.08. The number of benzene rings is 2.